The quantitative estimate of drug-likeness (QED) is 0.796. The van der Waals surface area contributed by atoms with Crippen molar-refractivity contribution in [2.45, 2.75) is 37.5 Å². The number of rotatable bonds is 6. The van der Waals surface area contributed by atoms with E-state index in [4.69, 9.17) is 20.9 Å². The minimum atomic E-state index is -0.262. The minimum absolute atomic E-state index is 0.0332. The normalized spacial score (nSPS) is 24.7. The number of hydrogen-bond acceptors (Lipinski definition) is 4. The van der Waals surface area contributed by atoms with E-state index in [1.165, 1.54) is 6.07 Å². The van der Waals surface area contributed by atoms with E-state index in [0.717, 1.165) is 38.1 Å². The Labute approximate surface area is 139 Å². The predicted molar refractivity (Wildman–Crippen MR) is 83.1 cm³/mol. The summed E-state index contributed by atoms with van der Waals surface area (Å²) in [7, 11) is 1.72. The maximum atomic E-state index is 14.0. The Kier molecular flexibility index (Phi) is 3.65. The molecule has 0 saturated heterocycles. The summed E-state index contributed by atoms with van der Waals surface area (Å²) < 4.78 is 24.7. The summed E-state index contributed by atoms with van der Waals surface area (Å²) in [6.45, 7) is 0.730. The topological polar surface area (TPSA) is 48.2 Å². The number of methoxy groups -OCH3 is 1. The molecule has 0 amide bonds. The highest BCUT2D eigenvalue weighted by Crippen LogP contribution is 2.56. The van der Waals surface area contributed by atoms with Crippen molar-refractivity contribution in [2.75, 3.05) is 13.7 Å². The third-order valence-corrected chi connectivity index (χ3v) is 5.23. The summed E-state index contributed by atoms with van der Waals surface area (Å²) in [5.74, 6) is 1.16. The molecule has 0 spiro atoms. The first-order chi connectivity index (χ1) is 11.1. The van der Waals surface area contributed by atoms with Crippen LogP contribution >= 0.6 is 11.6 Å². The van der Waals surface area contributed by atoms with Gasteiger partial charge in [-0.15, -0.1) is 0 Å². The first-order valence-electron chi connectivity index (χ1n) is 7.87. The number of benzene rings is 1. The van der Waals surface area contributed by atoms with Gasteiger partial charge < -0.3 is 9.26 Å². The molecule has 0 unspecified atom stereocenters. The second-order valence-electron chi connectivity index (χ2n) is 6.74. The van der Waals surface area contributed by atoms with Crippen molar-refractivity contribution in [3.63, 3.8) is 0 Å². The lowest BCUT2D eigenvalue weighted by atomic mass is 10.0. The predicted octanol–water partition coefficient (Wildman–Crippen LogP) is 4.10. The van der Waals surface area contributed by atoms with Crippen LogP contribution in [0.4, 0.5) is 4.39 Å². The molecule has 0 bridgehead atoms. The molecule has 2 aliphatic carbocycles. The zero-order valence-electron chi connectivity index (χ0n) is 12.9. The van der Waals surface area contributed by atoms with Crippen LogP contribution in [-0.4, -0.2) is 23.9 Å². The summed E-state index contributed by atoms with van der Waals surface area (Å²) in [4.78, 5) is 4.52. The summed E-state index contributed by atoms with van der Waals surface area (Å²) >= 11 is 6.13. The molecule has 0 aliphatic heterocycles. The largest absolute Gasteiger partial charge is 0.384 e. The van der Waals surface area contributed by atoms with Gasteiger partial charge in [-0.25, -0.2) is 4.39 Å². The average Bonchev–Trinajstić information content (AvgIpc) is 3.40. The molecule has 2 aromatic rings. The van der Waals surface area contributed by atoms with Gasteiger partial charge in [0.15, 0.2) is 5.82 Å². The van der Waals surface area contributed by atoms with Crippen LogP contribution in [0.3, 0.4) is 0 Å². The second kappa shape index (κ2) is 5.56. The molecule has 1 aromatic carbocycles. The molecule has 0 radical (unpaired) electrons. The van der Waals surface area contributed by atoms with Gasteiger partial charge in [-0.3, -0.25) is 0 Å². The Hall–Kier alpha value is -1.46. The molecule has 1 heterocycles. The van der Waals surface area contributed by atoms with Gasteiger partial charge in [0.2, 0.25) is 5.89 Å². The first kappa shape index (κ1) is 15.1. The number of aromatic nitrogens is 2. The SMILES string of the molecule is COCC1(Cc2noc([C@@H]3C[C@@H]3c3c(F)cccc3Cl)n2)CC1. The van der Waals surface area contributed by atoms with Gasteiger partial charge in [0.25, 0.3) is 0 Å². The van der Waals surface area contributed by atoms with Crippen molar-refractivity contribution in [3.05, 3.63) is 46.3 Å². The highest BCUT2D eigenvalue weighted by molar-refractivity contribution is 6.31. The van der Waals surface area contributed by atoms with Crippen molar-refractivity contribution in [3.8, 4) is 0 Å². The Morgan fingerprint density at radius 1 is 1.39 bits per heavy atom. The number of ether oxygens (including phenoxy) is 1. The van der Waals surface area contributed by atoms with E-state index in [1.807, 2.05) is 0 Å². The fraction of sp³-hybridized carbons (Fsp3) is 0.529. The standard InChI is InChI=1S/C17H18ClFN2O2/c1-22-9-17(5-6-17)8-14-20-16(23-21-14)11-7-10(11)15-12(18)3-2-4-13(15)19/h2-4,10-11H,5-9H2,1H3/t10-,11+/m0/s1. The molecule has 122 valence electrons. The molecule has 4 nitrogen and oxygen atoms in total. The van der Waals surface area contributed by atoms with Crippen LogP contribution in [0.25, 0.3) is 0 Å². The maximum Gasteiger partial charge on any atom is 0.230 e. The summed E-state index contributed by atoms with van der Waals surface area (Å²) in [5.41, 5.74) is 0.755. The number of hydrogen-bond donors (Lipinski definition) is 0. The third kappa shape index (κ3) is 2.88. The van der Waals surface area contributed by atoms with Crippen molar-refractivity contribution >= 4 is 11.6 Å². The van der Waals surface area contributed by atoms with Crippen LogP contribution in [0, 0.1) is 11.2 Å². The van der Waals surface area contributed by atoms with Gasteiger partial charge in [-0.1, -0.05) is 22.8 Å². The fourth-order valence-corrected chi connectivity index (χ4v) is 3.64. The van der Waals surface area contributed by atoms with E-state index in [2.05, 4.69) is 10.1 Å². The zero-order valence-corrected chi connectivity index (χ0v) is 13.6. The lowest BCUT2D eigenvalue weighted by Crippen LogP contribution is -2.13. The fourth-order valence-electron chi connectivity index (χ4n) is 3.33. The Morgan fingerprint density at radius 2 is 2.22 bits per heavy atom. The molecular formula is C17H18ClFN2O2. The van der Waals surface area contributed by atoms with Crippen LogP contribution in [0.15, 0.2) is 22.7 Å². The molecule has 2 fully saturated rings. The average molecular weight is 337 g/mol. The van der Waals surface area contributed by atoms with Gasteiger partial charge in [-0.2, -0.15) is 4.98 Å². The molecule has 6 heteroatoms. The van der Waals surface area contributed by atoms with Crippen LogP contribution < -0.4 is 0 Å². The lowest BCUT2D eigenvalue weighted by molar-refractivity contribution is 0.139. The van der Waals surface area contributed by atoms with Crippen molar-refractivity contribution < 1.29 is 13.7 Å². The minimum Gasteiger partial charge on any atom is -0.384 e. The second-order valence-corrected chi connectivity index (χ2v) is 7.15. The Bertz CT molecular complexity index is 709. The van der Waals surface area contributed by atoms with Crippen LogP contribution in [0.1, 0.15) is 48.4 Å². The maximum absolute atomic E-state index is 14.0. The van der Waals surface area contributed by atoms with Crippen LogP contribution in [0.2, 0.25) is 5.02 Å². The molecular weight excluding hydrogens is 319 g/mol. The zero-order chi connectivity index (χ0) is 16.0. The van der Waals surface area contributed by atoms with E-state index >= 15 is 0 Å². The van der Waals surface area contributed by atoms with Crippen LogP contribution in [-0.2, 0) is 11.2 Å². The van der Waals surface area contributed by atoms with E-state index in [-0.39, 0.29) is 23.1 Å². The van der Waals surface area contributed by atoms with Crippen molar-refractivity contribution in [1.82, 2.24) is 10.1 Å². The third-order valence-electron chi connectivity index (χ3n) is 4.90. The highest BCUT2D eigenvalue weighted by atomic mass is 35.5. The first-order valence-corrected chi connectivity index (χ1v) is 8.25. The van der Waals surface area contributed by atoms with E-state index in [1.54, 1.807) is 19.2 Å². The van der Waals surface area contributed by atoms with Crippen molar-refractivity contribution in [2.24, 2.45) is 5.41 Å². The monoisotopic (exact) mass is 336 g/mol. The van der Waals surface area contributed by atoms with E-state index in [9.17, 15) is 4.39 Å². The van der Waals surface area contributed by atoms with Gasteiger partial charge >= 0.3 is 0 Å². The summed E-state index contributed by atoms with van der Waals surface area (Å²) in [6.07, 6.45) is 3.86. The molecule has 23 heavy (non-hydrogen) atoms. The smallest absolute Gasteiger partial charge is 0.230 e. The summed E-state index contributed by atoms with van der Waals surface area (Å²) in [6, 6.07) is 4.78. The van der Waals surface area contributed by atoms with E-state index < -0.39 is 0 Å². The molecule has 2 atom stereocenters. The molecule has 1 aromatic heterocycles. The molecule has 2 aliphatic rings. The molecule has 4 rings (SSSR count). The van der Waals surface area contributed by atoms with Gasteiger partial charge in [0.05, 0.1) is 6.61 Å². The van der Waals surface area contributed by atoms with Crippen molar-refractivity contribution in [1.29, 1.82) is 0 Å². The van der Waals surface area contributed by atoms with Gasteiger partial charge in [0, 0.05) is 41.4 Å². The molecule has 0 N–H and O–H groups in total. The lowest BCUT2D eigenvalue weighted by Gasteiger charge is -2.09. The Balaban J connectivity index is 1.47. The highest BCUT2D eigenvalue weighted by Gasteiger charge is 2.47. The van der Waals surface area contributed by atoms with Gasteiger partial charge in [-0.05, 0) is 31.4 Å². The van der Waals surface area contributed by atoms with Gasteiger partial charge in [0.1, 0.15) is 5.82 Å². The number of nitrogens with zero attached hydrogens (tertiary/aromatic N) is 2. The number of halogens is 2. The molecule has 2 saturated carbocycles. The van der Waals surface area contributed by atoms with E-state index in [0.29, 0.717) is 16.5 Å². The van der Waals surface area contributed by atoms with Crippen LogP contribution in [0.5, 0.6) is 0 Å². The Morgan fingerprint density at radius 3 is 2.91 bits per heavy atom. The summed E-state index contributed by atoms with van der Waals surface area (Å²) in [5, 5.41) is 4.56.